The SMILES string of the molecule is Cc1ccc([C@H](O)C(F)(F)F)s1. The third-order valence-corrected chi connectivity index (χ3v) is 2.39. The fraction of sp³-hybridized carbons (Fsp3) is 0.429. The van der Waals surface area contributed by atoms with Crippen LogP contribution in [0.2, 0.25) is 0 Å². The van der Waals surface area contributed by atoms with Gasteiger partial charge in [0.2, 0.25) is 0 Å². The summed E-state index contributed by atoms with van der Waals surface area (Å²) in [6, 6.07) is 2.84. The molecule has 1 rings (SSSR count). The van der Waals surface area contributed by atoms with E-state index in [2.05, 4.69) is 0 Å². The first kappa shape index (κ1) is 9.54. The van der Waals surface area contributed by atoms with Gasteiger partial charge in [-0.1, -0.05) is 0 Å². The fourth-order valence-electron chi connectivity index (χ4n) is 0.762. The van der Waals surface area contributed by atoms with Crippen LogP contribution in [0, 0.1) is 6.92 Å². The molecule has 12 heavy (non-hydrogen) atoms. The van der Waals surface area contributed by atoms with E-state index in [9.17, 15) is 13.2 Å². The fourth-order valence-corrected chi connectivity index (χ4v) is 1.65. The topological polar surface area (TPSA) is 20.2 Å². The number of aryl methyl sites for hydroxylation is 1. The summed E-state index contributed by atoms with van der Waals surface area (Å²) in [6.45, 7) is 1.69. The van der Waals surface area contributed by atoms with Crippen molar-refractivity contribution in [3.63, 3.8) is 0 Å². The first-order chi connectivity index (χ1) is 5.41. The van der Waals surface area contributed by atoms with Crippen molar-refractivity contribution in [1.29, 1.82) is 0 Å². The van der Waals surface area contributed by atoms with E-state index < -0.39 is 12.3 Å². The van der Waals surface area contributed by atoms with Crippen molar-refractivity contribution in [3.8, 4) is 0 Å². The second-order valence-corrected chi connectivity index (χ2v) is 3.71. The summed E-state index contributed by atoms with van der Waals surface area (Å²) in [5.74, 6) is 0. The van der Waals surface area contributed by atoms with Crippen LogP contribution in [0.3, 0.4) is 0 Å². The quantitative estimate of drug-likeness (QED) is 0.732. The van der Waals surface area contributed by atoms with Crippen molar-refractivity contribution < 1.29 is 18.3 Å². The van der Waals surface area contributed by atoms with Gasteiger partial charge < -0.3 is 5.11 Å². The summed E-state index contributed by atoms with van der Waals surface area (Å²) in [4.78, 5) is 0.702. The minimum absolute atomic E-state index is 0.0556. The maximum absolute atomic E-state index is 11.9. The lowest BCUT2D eigenvalue weighted by atomic mass is 10.3. The van der Waals surface area contributed by atoms with Gasteiger partial charge in [-0.2, -0.15) is 13.2 Å². The zero-order chi connectivity index (χ0) is 9.35. The Morgan fingerprint density at radius 2 is 2.00 bits per heavy atom. The molecular formula is C7H7F3OS. The highest BCUT2D eigenvalue weighted by Gasteiger charge is 2.40. The van der Waals surface area contributed by atoms with E-state index in [1.54, 1.807) is 13.0 Å². The van der Waals surface area contributed by atoms with E-state index in [4.69, 9.17) is 5.11 Å². The van der Waals surface area contributed by atoms with Crippen molar-refractivity contribution in [2.45, 2.75) is 19.2 Å². The molecule has 1 nitrogen and oxygen atoms in total. The van der Waals surface area contributed by atoms with Gasteiger partial charge in [-0.25, -0.2) is 0 Å². The van der Waals surface area contributed by atoms with E-state index in [0.717, 1.165) is 16.2 Å². The van der Waals surface area contributed by atoms with Crippen LogP contribution in [-0.2, 0) is 0 Å². The molecule has 1 heterocycles. The zero-order valence-corrected chi connectivity index (χ0v) is 7.04. The Bertz CT molecular complexity index is 266. The Kier molecular flexibility index (Phi) is 2.44. The van der Waals surface area contributed by atoms with Crippen molar-refractivity contribution in [3.05, 3.63) is 21.9 Å². The third-order valence-electron chi connectivity index (χ3n) is 1.34. The Hall–Kier alpha value is -0.550. The molecule has 1 aromatic heterocycles. The van der Waals surface area contributed by atoms with Gasteiger partial charge in [-0.3, -0.25) is 0 Å². The van der Waals surface area contributed by atoms with E-state index in [1.807, 2.05) is 0 Å². The first-order valence-corrected chi connectivity index (χ1v) is 4.04. The van der Waals surface area contributed by atoms with Crippen LogP contribution >= 0.6 is 11.3 Å². The summed E-state index contributed by atoms with van der Waals surface area (Å²) in [5, 5.41) is 8.76. The summed E-state index contributed by atoms with van der Waals surface area (Å²) in [5.41, 5.74) is 0. The molecule has 68 valence electrons. The number of hydrogen-bond donors (Lipinski definition) is 1. The van der Waals surface area contributed by atoms with E-state index in [-0.39, 0.29) is 4.88 Å². The van der Waals surface area contributed by atoms with Gasteiger partial charge in [0.15, 0.2) is 6.10 Å². The monoisotopic (exact) mass is 196 g/mol. The highest BCUT2D eigenvalue weighted by atomic mass is 32.1. The maximum atomic E-state index is 11.9. The molecule has 1 aromatic rings. The predicted molar refractivity (Wildman–Crippen MR) is 40.1 cm³/mol. The van der Waals surface area contributed by atoms with Gasteiger partial charge in [0.05, 0.1) is 0 Å². The van der Waals surface area contributed by atoms with Crippen LogP contribution in [0.15, 0.2) is 12.1 Å². The Balaban J connectivity index is 2.85. The Labute approximate surface area is 71.5 Å². The van der Waals surface area contributed by atoms with Crippen LogP contribution in [0.25, 0.3) is 0 Å². The van der Waals surface area contributed by atoms with E-state index in [0.29, 0.717) is 0 Å². The molecule has 1 atom stereocenters. The predicted octanol–water partition coefficient (Wildman–Crippen LogP) is 2.65. The standard InChI is InChI=1S/C7H7F3OS/c1-4-2-3-5(12-4)6(11)7(8,9)10/h2-3,6,11H,1H3/t6-/m0/s1. The maximum Gasteiger partial charge on any atom is 0.419 e. The minimum atomic E-state index is -4.56. The molecule has 0 aliphatic heterocycles. The Morgan fingerprint density at radius 1 is 1.42 bits per heavy atom. The summed E-state index contributed by atoms with van der Waals surface area (Å²) in [6.07, 6.45) is -6.90. The van der Waals surface area contributed by atoms with Gasteiger partial charge in [0.25, 0.3) is 0 Å². The van der Waals surface area contributed by atoms with E-state index >= 15 is 0 Å². The summed E-state index contributed by atoms with van der Waals surface area (Å²) in [7, 11) is 0. The lowest BCUT2D eigenvalue weighted by Gasteiger charge is -2.11. The smallest absolute Gasteiger partial charge is 0.379 e. The van der Waals surface area contributed by atoms with Crippen molar-refractivity contribution in [2.24, 2.45) is 0 Å². The lowest BCUT2D eigenvalue weighted by Crippen LogP contribution is -2.18. The second-order valence-electron chi connectivity index (χ2n) is 2.39. The number of aliphatic hydroxyl groups excluding tert-OH is 1. The molecule has 0 amide bonds. The molecule has 1 N–H and O–H groups in total. The number of aliphatic hydroxyl groups is 1. The molecule has 0 spiro atoms. The van der Waals surface area contributed by atoms with Gasteiger partial charge in [0, 0.05) is 9.75 Å². The average Bonchev–Trinajstić information content (AvgIpc) is 2.32. The molecule has 0 radical (unpaired) electrons. The molecule has 0 aliphatic carbocycles. The van der Waals surface area contributed by atoms with Crippen molar-refractivity contribution in [1.82, 2.24) is 0 Å². The number of halogens is 3. The lowest BCUT2D eigenvalue weighted by molar-refractivity contribution is -0.205. The van der Waals surface area contributed by atoms with Crippen molar-refractivity contribution >= 4 is 11.3 Å². The van der Waals surface area contributed by atoms with Crippen LogP contribution in [0.5, 0.6) is 0 Å². The van der Waals surface area contributed by atoms with Gasteiger partial charge >= 0.3 is 6.18 Å². The van der Waals surface area contributed by atoms with Gasteiger partial charge in [-0.15, -0.1) is 11.3 Å². The summed E-state index contributed by atoms with van der Waals surface area (Å²) < 4.78 is 35.7. The van der Waals surface area contributed by atoms with Crippen LogP contribution in [0.1, 0.15) is 15.9 Å². The highest BCUT2D eigenvalue weighted by Crippen LogP contribution is 2.35. The number of hydrogen-bond acceptors (Lipinski definition) is 2. The average molecular weight is 196 g/mol. The first-order valence-electron chi connectivity index (χ1n) is 3.22. The molecule has 0 bridgehead atoms. The molecule has 5 heteroatoms. The van der Waals surface area contributed by atoms with E-state index in [1.165, 1.54) is 6.07 Å². The van der Waals surface area contributed by atoms with Gasteiger partial charge in [0.1, 0.15) is 0 Å². The molecular weight excluding hydrogens is 189 g/mol. The largest absolute Gasteiger partial charge is 0.419 e. The summed E-state index contributed by atoms with van der Waals surface area (Å²) >= 11 is 0.953. The molecule has 0 aliphatic rings. The number of alkyl halides is 3. The Morgan fingerprint density at radius 3 is 2.33 bits per heavy atom. The van der Waals surface area contributed by atoms with Crippen LogP contribution < -0.4 is 0 Å². The molecule has 0 fully saturated rings. The van der Waals surface area contributed by atoms with Crippen LogP contribution in [0.4, 0.5) is 13.2 Å². The molecule has 0 saturated carbocycles. The number of thiophene rings is 1. The van der Waals surface area contributed by atoms with Crippen LogP contribution in [-0.4, -0.2) is 11.3 Å². The second kappa shape index (κ2) is 3.06. The number of rotatable bonds is 1. The van der Waals surface area contributed by atoms with Gasteiger partial charge in [-0.05, 0) is 19.1 Å². The molecule has 0 aromatic carbocycles. The minimum Gasteiger partial charge on any atom is -0.379 e. The van der Waals surface area contributed by atoms with Crippen molar-refractivity contribution in [2.75, 3.05) is 0 Å². The third kappa shape index (κ3) is 1.98. The normalized spacial score (nSPS) is 14.8. The zero-order valence-electron chi connectivity index (χ0n) is 6.22. The molecule has 0 saturated heterocycles. The highest BCUT2D eigenvalue weighted by molar-refractivity contribution is 7.12. The molecule has 0 unspecified atom stereocenters.